The van der Waals surface area contributed by atoms with Crippen LogP contribution in [0.1, 0.15) is 37.7 Å². The Labute approximate surface area is 229 Å². The van der Waals surface area contributed by atoms with Crippen LogP contribution in [0.4, 0.5) is 5.69 Å². The van der Waals surface area contributed by atoms with Crippen molar-refractivity contribution in [3.63, 3.8) is 0 Å². The molecule has 3 heterocycles. The molecule has 0 aliphatic carbocycles. The normalized spacial score (nSPS) is 17.7. The molecule has 2 aliphatic heterocycles. The number of ketones is 1. The molecule has 0 saturated carbocycles. The van der Waals surface area contributed by atoms with E-state index in [1.807, 2.05) is 4.90 Å². The third kappa shape index (κ3) is 5.50. The summed E-state index contributed by atoms with van der Waals surface area (Å²) in [6, 6.07) is 15.1. The number of esters is 1. The summed E-state index contributed by atoms with van der Waals surface area (Å²) >= 11 is 0. The second-order valence-electron chi connectivity index (χ2n) is 9.37. The maximum absolute atomic E-state index is 13.2. The minimum Gasteiger partial charge on any atom is -0.497 e. The Balaban J connectivity index is 1.16. The Morgan fingerprint density at radius 2 is 1.68 bits per heavy atom. The first-order valence-corrected chi connectivity index (χ1v) is 12.7. The van der Waals surface area contributed by atoms with Crippen LogP contribution >= 0.6 is 0 Å². The summed E-state index contributed by atoms with van der Waals surface area (Å²) in [5.74, 6) is -1.20. The summed E-state index contributed by atoms with van der Waals surface area (Å²) in [5, 5.41) is 0. The van der Waals surface area contributed by atoms with Crippen LogP contribution in [0.2, 0.25) is 0 Å². The number of carbonyl (C=O) groups excluding carboxylic acids is 5. The van der Waals surface area contributed by atoms with Gasteiger partial charge in [0.25, 0.3) is 11.8 Å². The van der Waals surface area contributed by atoms with E-state index in [1.165, 1.54) is 37.6 Å². The fourth-order valence-electron chi connectivity index (χ4n) is 4.81. The van der Waals surface area contributed by atoms with E-state index < -0.39 is 18.6 Å². The molecule has 0 bridgehead atoms. The smallest absolute Gasteiger partial charge is 0.338 e. The first kappa shape index (κ1) is 26.8. The quantitative estimate of drug-likeness (QED) is 0.238. The summed E-state index contributed by atoms with van der Waals surface area (Å²) < 4.78 is 15.4. The highest BCUT2D eigenvalue weighted by Crippen LogP contribution is 2.27. The van der Waals surface area contributed by atoms with E-state index in [2.05, 4.69) is 0 Å². The van der Waals surface area contributed by atoms with E-state index in [1.54, 1.807) is 41.3 Å². The SMILES string of the molecule is COc1cccc(C(=O)COC(=O)c2ccc(N3C(=O)CC(N4CCN(C(=O)c5ccco5)CC4)C3=O)cc2)c1. The van der Waals surface area contributed by atoms with E-state index in [0.717, 1.165) is 4.90 Å². The van der Waals surface area contributed by atoms with Crippen LogP contribution in [0.15, 0.2) is 71.3 Å². The number of imide groups is 1. The minimum absolute atomic E-state index is 0.0289. The monoisotopic (exact) mass is 545 g/mol. The summed E-state index contributed by atoms with van der Waals surface area (Å²) in [7, 11) is 1.49. The lowest BCUT2D eigenvalue weighted by molar-refractivity contribution is -0.123. The summed E-state index contributed by atoms with van der Waals surface area (Å²) in [6.07, 6.45) is 1.47. The standard InChI is InChI=1S/C29H27N3O8/c1-38-22-5-2-4-20(16-22)24(33)18-40-29(37)19-7-9-21(10-8-19)32-26(34)17-23(27(32)35)30-11-13-31(14-12-30)28(36)25-6-3-15-39-25/h2-10,15-16,23H,11-14,17-18H2,1H3. The van der Waals surface area contributed by atoms with Gasteiger partial charge >= 0.3 is 5.97 Å². The lowest BCUT2D eigenvalue weighted by Gasteiger charge is -2.36. The van der Waals surface area contributed by atoms with Gasteiger partial charge in [-0.25, -0.2) is 9.69 Å². The van der Waals surface area contributed by atoms with Crippen molar-refractivity contribution in [2.45, 2.75) is 12.5 Å². The van der Waals surface area contributed by atoms with E-state index in [-0.39, 0.29) is 41.2 Å². The van der Waals surface area contributed by atoms with Crippen LogP contribution in [0.25, 0.3) is 0 Å². The number of anilines is 1. The van der Waals surface area contributed by atoms with Gasteiger partial charge in [-0.3, -0.25) is 24.1 Å². The predicted octanol–water partition coefficient (Wildman–Crippen LogP) is 2.42. The molecule has 0 spiro atoms. The number of amides is 3. The van der Waals surface area contributed by atoms with Gasteiger partial charge in [-0.15, -0.1) is 0 Å². The van der Waals surface area contributed by atoms with E-state index in [9.17, 15) is 24.0 Å². The molecule has 5 rings (SSSR count). The molecule has 0 N–H and O–H groups in total. The third-order valence-corrected chi connectivity index (χ3v) is 6.98. The number of methoxy groups -OCH3 is 1. The minimum atomic E-state index is -0.707. The van der Waals surface area contributed by atoms with Gasteiger partial charge in [0, 0.05) is 31.7 Å². The van der Waals surface area contributed by atoms with E-state index in [4.69, 9.17) is 13.9 Å². The lowest BCUT2D eigenvalue weighted by Crippen LogP contribution is -2.53. The number of hydrogen-bond donors (Lipinski definition) is 0. The van der Waals surface area contributed by atoms with Crippen molar-refractivity contribution in [3.8, 4) is 5.75 Å². The Bertz CT molecular complexity index is 1430. The molecule has 2 saturated heterocycles. The van der Waals surface area contributed by atoms with Crippen molar-refractivity contribution in [1.29, 1.82) is 0 Å². The molecule has 2 fully saturated rings. The van der Waals surface area contributed by atoms with E-state index >= 15 is 0 Å². The molecule has 206 valence electrons. The van der Waals surface area contributed by atoms with Gasteiger partial charge in [0.2, 0.25) is 5.91 Å². The zero-order chi connectivity index (χ0) is 28.2. The molecule has 0 radical (unpaired) electrons. The van der Waals surface area contributed by atoms with Crippen molar-refractivity contribution in [3.05, 3.63) is 83.8 Å². The number of furan rings is 1. The van der Waals surface area contributed by atoms with Crippen molar-refractivity contribution < 1.29 is 37.9 Å². The summed E-state index contributed by atoms with van der Waals surface area (Å²) in [4.78, 5) is 68.1. The number of ether oxygens (including phenoxy) is 2. The molecular formula is C29H27N3O8. The van der Waals surface area contributed by atoms with Crippen LogP contribution in [-0.2, 0) is 14.3 Å². The fourth-order valence-corrected chi connectivity index (χ4v) is 4.81. The van der Waals surface area contributed by atoms with Gasteiger partial charge in [-0.1, -0.05) is 12.1 Å². The van der Waals surface area contributed by atoms with Gasteiger partial charge in [0.05, 0.1) is 37.1 Å². The Morgan fingerprint density at radius 1 is 0.925 bits per heavy atom. The number of nitrogens with zero attached hydrogens (tertiary/aromatic N) is 3. The van der Waals surface area contributed by atoms with Gasteiger partial charge in [0.1, 0.15) is 5.75 Å². The largest absolute Gasteiger partial charge is 0.497 e. The average Bonchev–Trinajstić information content (AvgIpc) is 3.63. The summed E-state index contributed by atoms with van der Waals surface area (Å²) in [5.41, 5.74) is 0.872. The predicted molar refractivity (Wildman–Crippen MR) is 141 cm³/mol. The zero-order valence-corrected chi connectivity index (χ0v) is 21.8. The molecule has 11 heteroatoms. The zero-order valence-electron chi connectivity index (χ0n) is 21.8. The molecule has 1 aromatic heterocycles. The van der Waals surface area contributed by atoms with Crippen LogP contribution in [0.3, 0.4) is 0 Å². The molecular weight excluding hydrogens is 518 g/mol. The van der Waals surface area contributed by atoms with Crippen molar-refractivity contribution in [2.24, 2.45) is 0 Å². The second-order valence-corrected chi connectivity index (χ2v) is 9.37. The first-order chi connectivity index (χ1) is 19.4. The van der Waals surface area contributed by atoms with Gasteiger partial charge in [0.15, 0.2) is 18.2 Å². The number of Topliss-reactive ketones (excluding diaryl/α,β-unsaturated/α-hetero) is 1. The van der Waals surface area contributed by atoms with Crippen LogP contribution in [0.5, 0.6) is 5.75 Å². The number of hydrogen-bond acceptors (Lipinski definition) is 9. The fraction of sp³-hybridized carbons (Fsp3) is 0.276. The molecule has 11 nitrogen and oxygen atoms in total. The highest BCUT2D eigenvalue weighted by Gasteiger charge is 2.43. The van der Waals surface area contributed by atoms with Crippen LogP contribution in [-0.4, -0.2) is 85.2 Å². The Morgan fingerprint density at radius 3 is 2.35 bits per heavy atom. The molecule has 3 aromatic rings. The first-order valence-electron chi connectivity index (χ1n) is 12.7. The molecule has 1 unspecified atom stereocenters. The summed E-state index contributed by atoms with van der Waals surface area (Å²) in [6.45, 7) is 1.27. The van der Waals surface area contributed by atoms with Gasteiger partial charge in [-0.2, -0.15) is 0 Å². The number of piperazine rings is 1. The Hall–Kier alpha value is -4.77. The van der Waals surface area contributed by atoms with Crippen LogP contribution in [0, 0.1) is 0 Å². The average molecular weight is 546 g/mol. The second kappa shape index (κ2) is 11.5. The molecule has 2 aromatic carbocycles. The molecule has 1 atom stereocenters. The maximum Gasteiger partial charge on any atom is 0.338 e. The highest BCUT2D eigenvalue weighted by molar-refractivity contribution is 6.22. The van der Waals surface area contributed by atoms with Crippen molar-refractivity contribution >= 4 is 35.2 Å². The molecule has 3 amide bonds. The molecule has 2 aliphatic rings. The topological polar surface area (TPSA) is 127 Å². The number of benzene rings is 2. The van der Waals surface area contributed by atoms with Crippen molar-refractivity contribution in [2.75, 3.05) is 44.8 Å². The maximum atomic E-state index is 13.2. The Kier molecular flexibility index (Phi) is 7.74. The van der Waals surface area contributed by atoms with Crippen LogP contribution < -0.4 is 9.64 Å². The van der Waals surface area contributed by atoms with Crippen molar-refractivity contribution in [1.82, 2.24) is 9.80 Å². The molecule has 40 heavy (non-hydrogen) atoms. The number of rotatable bonds is 8. The van der Waals surface area contributed by atoms with E-state index in [0.29, 0.717) is 43.2 Å². The number of carbonyl (C=O) groups is 5. The van der Waals surface area contributed by atoms with Gasteiger partial charge < -0.3 is 18.8 Å². The van der Waals surface area contributed by atoms with Gasteiger partial charge in [-0.05, 0) is 48.5 Å². The third-order valence-electron chi connectivity index (χ3n) is 6.98. The highest BCUT2D eigenvalue weighted by atomic mass is 16.5. The lowest BCUT2D eigenvalue weighted by atomic mass is 10.1.